The average molecular weight is 292 g/mol. The molecular weight excluding hydrogens is 272 g/mol. The monoisotopic (exact) mass is 292 g/mol. The summed E-state index contributed by atoms with van der Waals surface area (Å²) in [5.41, 5.74) is -0.148. The molecule has 1 N–H and O–H groups in total. The molecule has 21 heavy (non-hydrogen) atoms. The molecule has 2 rings (SSSR count). The number of nitro groups is 1. The SMILES string of the molecule is CNc1cc(C(=O)N2CC(C)CC(C)C2)c([N+](=O)[O-])cn1. The number of rotatable bonds is 3. The van der Waals surface area contributed by atoms with Gasteiger partial charge < -0.3 is 10.2 Å². The van der Waals surface area contributed by atoms with E-state index in [-0.39, 0.29) is 17.2 Å². The van der Waals surface area contributed by atoms with Gasteiger partial charge in [0.15, 0.2) is 0 Å². The largest absolute Gasteiger partial charge is 0.373 e. The predicted octanol–water partition coefficient (Wildman–Crippen LogP) is 2.15. The first-order chi connectivity index (χ1) is 9.92. The second-order valence-corrected chi connectivity index (χ2v) is 5.75. The van der Waals surface area contributed by atoms with Crippen LogP contribution in [-0.2, 0) is 0 Å². The standard InChI is InChI=1S/C14H20N4O3/c1-9-4-10(2)8-17(7-9)14(19)11-5-13(15-3)16-6-12(11)18(20)21/h5-6,9-10H,4,7-8H2,1-3H3,(H,15,16). The molecule has 1 saturated heterocycles. The Morgan fingerprint density at radius 1 is 1.43 bits per heavy atom. The van der Waals surface area contributed by atoms with Gasteiger partial charge in [0.1, 0.15) is 17.6 Å². The van der Waals surface area contributed by atoms with Gasteiger partial charge in [0, 0.05) is 26.2 Å². The van der Waals surface area contributed by atoms with Crippen molar-refractivity contribution in [3.05, 3.63) is 27.9 Å². The molecule has 2 atom stereocenters. The molecule has 1 amide bonds. The Bertz CT molecular complexity index is 551. The van der Waals surface area contributed by atoms with Gasteiger partial charge in [-0.05, 0) is 18.3 Å². The third-order valence-corrected chi connectivity index (χ3v) is 3.72. The van der Waals surface area contributed by atoms with Gasteiger partial charge in [0.25, 0.3) is 11.6 Å². The van der Waals surface area contributed by atoms with Crippen LogP contribution in [0.5, 0.6) is 0 Å². The van der Waals surface area contributed by atoms with Crippen molar-refractivity contribution in [2.45, 2.75) is 20.3 Å². The number of aromatic nitrogens is 1. The maximum Gasteiger partial charge on any atom is 0.300 e. The number of anilines is 1. The predicted molar refractivity (Wildman–Crippen MR) is 79.3 cm³/mol. The lowest BCUT2D eigenvalue weighted by Gasteiger charge is -2.34. The van der Waals surface area contributed by atoms with E-state index in [2.05, 4.69) is 24.1 Å². The number of amides is 1. The highest BCUT2D eigenvalue weighted by Crippen LogP contribution is 2.26. The van der Waals surface area contributed by atoms with E-state index < -0.39 is 4.92 Å². The van der Waals surface area contributed by atoms with E-state index in [0.29, 0.717) is 30.7 Å². The average Bonchev–Trinajstić information content (AvgIpc) is 2.44. The molecule has 0 spiro atoms. The fourth-order valence-corrected chi connectivity index (χ4v) is 2.90. The summed E-state index contributed by atoms with van der Waals surface area (Å²) in [4.78, 5) is 28.8. The van der Waals surface area contributed by atoms with Crippen molar-refractivity contribution in [2.24, 2.45) is 11.8 Å². The van der Waals surface area contributed by atoms with Crippen molar-refractivity contribution >= 4 is 17.4 Å². The van der Waals surface area contributed by atoms with E-state index in [4.69, 9.17) is 0 Å². The molecule has 114 valence electrons. The molecule has 0 saturated carbocycles. The molecule has 2 heterocycles. The van der Waals surface area contributed by atoms with Gasteiger partial charge in [-0.25, -0.2) is 4.98 Å². The van der Waals surface area contributed by atoms with E-state index >= 15 is 0 Å². The summed E-state index contributed by atoms with van der Waals surface area (Å²) >= 11 is 0. The summed E-state index contributed by atoms with van der Waals surface area (Å²) in [5, 5.41) is 13.9. The molecule has 1 aliphatic heterocycles. The summed E-state index contributed by atoms with van der Waals surface area (Å²) in [7, 11) is 1.66. The van der Waals surface area contributed by atoms with Crippen LogP contribution < -0.4 is 5.32 Å². The lowest BCUT2D eigenvalue weighted by molar-refractivity contribution is -0.385. The normalized spacial score (nSPS) is 22.0. The Morgan fingerprint density at radius 2 is 2.05 bits per heavy atom. The molecule has 7 nitrogen and oxygen atoms in total. The number of nitrogens with zero attached hydrogens (tertiary/aromatic N) is 3. The zero-order valence-corrected chi connectivity index (χ0v) is 12.5. The molecule has 0 radical (unpaired) electrons. The minimum Gasteiger partial charge on any atom is -0.373 e. The topological polar surface area (TPSA) is 88.4 Å². The van der Waals surface area contributed by atoms with E-state index in [0.717, 1.165) is 12.6 Å². The van der Waals surface area contributed by atoms with Gasteiger partial charge in [-0.2, -0.15) is 0 Å². The Balaban J connectivity index is 2.35. The number of carbonyl (C=O) groups is 1. The number of carbonyl (C=O) groups excluding carboxylic acids is 1. The van der Waals surface area contributed by atoms with Crippen molar-refractivity contribution in [1.29, 1.82) is 0 Å². The van der Waals surface area contributed by atoms with E-state index in [1.165, 1.54) is 6.07 Å². The van der Waals surface area contributed by atoms with Gasteiger partial charge in [0.05, 0.1) is 4.92 Å². The summed E-state index contributed by atoms with van der Waals surface area (Å²) in [6, 6.07) is 1.45. The van der Waals surface area contributed by atoms with E-state index in [9.17, 15) is 14.9 Å². The Labute approximate surface area is 123 Å². The van der Waals surface area contributed by atoms with Crippen molar-refractivity contribution in [1.82, 2.24) is 9.88 Å². The van der Waals surface area contributed by atoms with Crippen molar-refractivity contribution in [3.63, 3.8) is 0 Å². The van der Waals surface area contributed by atoms with Gasteiger partial charge in [0.2, 0.25) is 0 Å². The van der Waals surface area contributed by atoms with Gasteiger partial charge >= 0.3 is 0 Å². The van der Waals surface area contributed by atoms with Gasteiger partial charge in [-0.3, -0.25) is 14.9 Å². The number of nitrogens with one attached hydrogen (secondary N) is 1. The number of hydrogen-bond donors (Lipinski definition) is 1. The Morgan fingerprint density at radius 3 is 2.57 bits per heavy atom. The second kappa shape index (κ2) is 6.07. The fourth-order valence-electron chi connectivity index (χ4n) is 2.90. The first-order valence-electron chi connectivity index (χ1n) is 7.03. The number of pyridine rings is 1. The van der Waals surface area contributed by atoms with Gasteiger partial charge in [-0.1, -0.05) is 13.8 Å². The Hall–Kier alpha value is -2.18. The van der Waals surface area contributed by atoms with Crippen LogP contribution in [0.3, 0.4) is 0 Å². The van der Waals surface area contributed by atoms with Crippen LogP contribution in [0.2, 0.25) is 0 Å². The molecule has 1 fully saturated rings. The molecule has 1 aliphatic rings. The maximum absolute atomic E-state index is 12.7. The third kappa shape index (κ3) is 3.29. The highest BCUT2D eigenvalue weighted by atomic mass is 16.6. The van der Waals surface area contributed by atoms with Crippen LogP contribution in [0.4, 0.5) is 11.5 Å². The molecule has 0 aliphatic carbocycles. The van der Waals surface area contributed by atoms with Crippen LogP contribution in [0.25, 0.3) is 0 Å². The quantitative estimate of drug-likeness (QED) is 0.681. The molecule has 1 aromatic rings. The summed E-state index contributed by atoms with van der Waals surface area (Å²) in [6.07, 6.45) is 2.21. The first kappa shape index (κ1) is 15.2. The number of hydrogen-bond acceptors (Lipinski definition) is 5. The Kier molecular flexibility index (Phi) is 4.40. The van der Waals surface area contributed by atoms with Crippen LogP contribution in [-0.4, -0.2) is 40.9 Å². The maximum atomic E-state index is 12.7. The summed E-state index contributed by atoms with van der Waals surface area (Å²) < 4.78 is 0. The zero-order chi connectivity index (χ0) is 15.6. The zero-order valence-electron chi connectivity index (χ0n) is 12.5. The fraction of sp³-hybridized carbons (Fsp3) is 0.571. The van der Waals surface area contributed by atoms with Crippen molar-refractivity contribution in [3.8, 4) is 0 Å². The van der Waals surface area contributed by atoms with Gasteiger partial charge in [-0.15, -0.1) is 0 Å². The highest BCUT2D eigenvalue weighted by molar-refractivity contribution is 5.98. The minimum absolute atomic E-state index is 0.0978. The van der Waals surface area contributed by atoms with Crippen LogP contribution in [0.15, 0.2) is 12.3 Å². The molecule has 0 bridgehead atoms. The lowest BCUT2D eigenvalue weighted by atomic mass is 9.91. The van der Waals surface area contributed by atoms with E-state index in [1.54, 1.807) is 11.9 Å². The lowest BCUT2D eigenvalue weighted by Crippen LogP contribution is -2.42. The first-order valence-corrected chi connectivity index (χ1v) is 7.03. The minimum atomic E-state index is -0.559. The van der Waals surface area contributed by atoms with Crippen LogP contribution >= 0.6 is 0 Å². The van der Waals surface area contributed by atoms with Crippen LogP contribution in [0.1, 0.15) is 30.6 Å². The van der Waals surface area contributed by atoms with Crippen LogP contribution in [0, 0.1) is 22.0 Å². The molecule has 2 unspecified atom stereocenters. The summed E-state index contributed by atoms with van der Waals surface area (Å²) in [5.74, 6) is 0.964. The van der Waals surface area contributed by atoms with E-state index in [1.807, 2.05) is 0 Å². The van der Waals surface area contributed by atoms with Crippen molar-refractivity contribution in [2.75, 3.05) is 25.5 Å². The molecule has 7 heteroatoms. The highest BCUT2D eigenvalue weighted by Gasteiger charge is 2.30. The number of piperidine rings is 1. The third-order valence-electron chi connectivity index (χ3n) is 3.72. The molecule has 0 aromatic carbocycles. The second-order valence-electron chi connectivity index (χ2n) is 5.75. The van der Waals surface area contributed by atoms with Crippen molar-refractivity contribution < 1.29 is 9.72 Å². The number of likely N-dealkylation sites (tertiary alicyclic amines) is 1. The summed E-state index contributed by atoms with van der Waals surface area (Å²) in [6.45, 7) is 5.46. The molecule has 1 aromatic heterocycles. The smallest absolute Gasteiger partial charge is 0.300 e. The molecular formula is C14H20N4O3.